The van der Waals surface area contributed by atoms with E-state index >= 15 is 0 Å². The highest BCUT2D eigenvalue weighted by Crippen LogP contribution is 2.39. The molecule has 0 aliphatic carbocycles. The van der Waals surface area contributed by atoms with Gasteiger partial charge in [0.2, 0.25) is 0 Å². The first-order valence-electron chi connectivity index (χ1n) is 4.60. The zero-order chi connectivity index (χ0) is 10.2. The maximum Gasteiger partial charge on any atom is 0.340 e. The second-order valence-corrected chi connectivity index (χ2v) is 3.55. The molecule has 1 aliphatic rings. The van der Waals surface area contributed by atoms with Crippen molar-refractivity contribution in [2.24, 2.45) is 0 Å². The van der Waals surface area contributed by atoms with Crippen molar-refractivity contribution >= 4 is 5.97 Å². The van der Waals surface area contributed by atoms with E-state index in [2.05, 4.69) is 0 Å². The van der Waals surface area contributed by atoms with Crippen molar-refractivity contribution < 1.29 is 14.6 Å². The highest BCUT2D eigenvalue weighted by molar-refractivity contribution is 5.81. The van der Waals surface area contributed by atoms with Gasteiger partial charge in [0.25, 0.3) is 0 Å². The van der Waals surface area contributed by atoms with Crippen LogP contribution in [0.15, 0.2) is 24.3 Å². The molecule has 1 heterocycles. The minimum absolute atomic E-state index is 0.528. The predicted molar refractivity (Wildman–Crippen MR) is 51.1 cm³/mol. The van der Waals surface area contributed by atoms with E-state index in [1.54, 1.807) is 0 Å². The molecule has 3 heteroatoms. The quantitative estimate of drug-likeness (QED) is 0.775. The minimum atomic E-state index is -1.08. The molecule has 3 nitrogen and oxygen atoms in total. The van der Waals surface area contributed by atoms with Crippen molar-refractivity contribution in [2.75, 3.05) is 6.61 Å². The average Bonchev–Trinajstić information content (AvgIpc) is 2.05. The number of hydrogen-bond donors (Lipinski definition) is 1. The van der Waals surface area contributed by atoms with Crippen LogP contribution in [0, 0.1) is 6.92 Å². The summed E-state index contributed by atoms with van der Waals surface area (Å²) in [6.45, 7) is 2.43. The lowest BCUT2D eigenvalue weighted by Gasteiger charge is -2.39. The molecule has 74 valence electrons. The number of hydrogen-bond acceptors (Lipinski definition) is 2. The Morgan fingerprint density at radius 1 is 1.50 bits per heavy atom. The standard InChI is InChI=1S/C11H12O3/c1-8-4-2-3-5-9(8)11(10(12)13)6-7-14-11/h2-5H,6-7H2,1H3,(H,12,13). The Kier molecular flexibility index (Phi) is 2.04. The van der Waals surface area contributed by atoms with Crippen molar-refractivity contribution in [1.29, 1.82) is 0 Å². The summed E-state index contributed by atoms with van der Waals surface area (Å²) in [7, 11) is 0. The molecule has 0 bridgehead atoms. The van der Waals surface area contributed by atoms with Gasteiger partial charge in [0.15, 0.2) is 5.60 Å². The van der Waals surface area contributed by atoms with E-state index in [-0.39, 0.29) is 0 Å². The van der Waals surface area contributed by atoms with Gasteiger partial charge >= 0.3 is 5.97 Å². The molecule has 0 spiro atoms. The first kappa shape index (κ1) is 9.21. The lowest BCUT2D eigenvalue weighted by Crippen LogP contribution is -2.48. The second kappa shape index (κ2) is 3.10. The minimum Gasteiger partial charge on any atom is -0.479 e. The van der Waals surface area contributed by atoms with Crippen molar-refractivity contribution in [3.63, 3.8) is 0 Å². The summed E-state index contributed by atoms with van der Waals surface area (Å²) in [5.41, 5.74) is 0.666. The van der Waals surface area contributed by atoms with Crippen LogP contribution in [0.5, 0.6) is 0 Å². The Hall–Kier alpha value is -1.35. The Labute approximate surface area is 82.3 Å². The fourth-order valence-corrected chi connectivity index (χ4v) is 1.83. The molecule has 1 aromatic carbocycles. The van der Waals surface area contributed by atoms with Gasteiger partial charge in [-0.15, -0.1) is 0 Å². The molecule has 1 N–H and O–H groups in total. The molecule has 1 atom stereocenters. The molecule has 0 saturated carbocycles. The Morgan fingerprint density at radius 3 is 2.57 bits per heavy atom. The predicted octanol–water partition coefficient (Wildman–Crippen LogP) is 1.70. The molecule has 1 fully saturated rings. The fourth-order valence-electron chi connectivity index (χ4n) is 1.83. The molecule has 0 radical (unpaired) electrons. The van der Waals surface area contributed by atoms with Crippen LogP contribution < -0.4 is 0 Å². The molecular weight excluding hydrogens is 180 g/mol. The second-order valence-electron chi connectivity index (χ2n) is 3.55. The number of carboxylic acid groups (broad SMARTS) is 1. The number of ether oxygens (including phenoxy) is 1. The molecule has 2 rings (SSSR count). The Bertz CT molecular complexity index is 367. The third-order valence-corrected chi connectivity index (χ3v) is 2.73. The van der Waals surface area contributed by atoms with E-state index < -0.39 is 11.6 Å². The normalized spacial score (nSPS) is 25.5. The molecule has 0 aromatic heterocycles. The number of aliphatic carboxylic acids is 1. The first-order valence-corrected chi connectivity index (χ1v) is 4.60. The van der Waals surface area contributed by atoms with Gasteiger partial charge in [0.1, 0.15) is 0 Å². The third kappa shape index (κ3) is 1.13. The monoisotopic (exact) mass is 192 g/mol. The highest BCUT2D eigenvalue weighted by Gasteiger charge is 2.48. The van der Waals surface area contributed by atoms with E-state index in [4.69, 9.17) is 9.84 Å². The van der Waals surface area contributed by atoms with Crippen LogP contribution in [0.4, 0.5) is 0 Å². The van der Waals surface area contributed by atoms with Crippen LogP contribution in [-0.4, -0.2) is 17.7 Å². The molecule has 1 unspecified atom stereocenters. The van der Waals surface area contributed by atoms with Crippen LogP contribution in [0.1, 0.15) is 17.5 Å². The van der Waals surface area contributed by atoms with E-state index in [9.17, 15) is 4.79 Å². The Morgan fingerprint density at radius 2 is 2.14 bits per heavy atom. The van der Waals surface area contributed by atoms with Gasteiger partial charge in [0.05, 0.1) is 6.61 Å². The topological polar surface area (TPSA) is 46.5 Å². The summed E-state index contributed by atoms with van der Waals surface area (Å²) in [5.74, 6) is -0.891. The molecule has 1 aromatic rings. The number of carbonyl (C=O) groups is 1. The van der Waals surface area contributed by atoms with Crippen LogP contribution >= 0.6 is 0 Å². The van der Waals surface area contributed by atoms with Crippen LogP contribution in [0.3, 0.4) is 0 Å². The summed E-state index contributed by atoms with van der Waals surface area (Å²) < 4.78 is 5.25. The van der Waals surface area contributed by atoms with Crippen LogP contribution in [0.25, 0.3) is 0 Å². The van der Waals surface area contributed by atoms with Crippen molar-refractivity contribution in [3.05, 3.63) is 35.4 Å². The van der Waals surface area contributed by atoms with E-state index in [0.717, 1.165) is 11.1 Å². The lowest BCUT2D eigenvalue weighted by atomic mass is 9.84. The summed E-state index contributed by atoms with van der Waals surface area (Å²) in [6.07, 6.45) is 0.563. The summed E-state index contributed by atoms with van der Waals surface area (Å²) in [5, 5.41) is 9.14. The smallest absolute Gasteiger partial charge is 0.340 e. The molecule has 14 heavy (non-hydrogen) atoms. The molecule has 0 amide bonds. The maximum absolute atomic E-state index is 11.1. The van der Waals surface area contributed by atoms with Gasteiger partial charge in [-0.05, 0) is 18.1 Å². The number of rotatable bonds is 2. The number of aryl methyl sites for hydroxylation is 1. The largest absolute Gasteiger partial charge is 0.479 e. The van der Waals surface area contributed by atoms with Gasteiger partial charge in [-0.25, -0.2) is 4.79 Å². The van der Waals surface area contributed by atoms with Gasteiger partial charge in [-0.3, -0.25) is 0 Å². The SMILES string of the molecule is Cc1ccccc1C1(C(=O)O)CCO1. The van der Waals surface area contributed by atoms with E-state index in [1.165, 1.54) is 0 Å². The van der Waals surface area contributed by atoms with Gasteiger partial charge in [-0.1, -0.05) is 24.3 Å². The maximum atomic E-state index is 11.1. The van der Waals surface area contributed by atoms with Gasteiger partial charge in [0, 0.05) is 6.42 Å². The van der Waals surface area contributed by atoms with Gasteiger partial charge in [-0.2, -0.15) is 0 Å². The molecule has 1 saturated heterocycles. The van der Waals surface area contributed by atoms with Crippen molar-refractivity contribution in [2.45, 2.75) is 18.9 Å². The zero-order valence-corrected chi connectivity index (χ0v) is 7.99. The van der Waals surface area contributed by atoms with Crippen molar-refractivity contribution in [1.82, 2.24) is 0 Å². The first-order chi connectivity index (χ1) is 6.67. The number of carboxylic acids is 1. The summed E-state index contributed by atoms with van der Waals surface area (Å²) in [6, 6.07) is 7.46. The van der Waals surface area contributed by atoms with Crippen LogP contribution in [-0.2, 0) is 15.1 Å². The number of benzene rings is 1. The van der Waals surface area contributed by atoms with Crippen LogP contribution in [0.2, 0.25) is 0 Å². The average molecular weight is 192 g/mol. The molecular formula is C11H12O3. The van der Waals surface area contributed by atoms with E-state index in [1.807, 2.05) is 31.2 Å². The fraction of sp³-hybridized carbons (Fsp3) is 0.364. The Balaban J connectivity index is 2.47. The van der Waals surface area contributed by atoms with Gasteiger partial charge < -0.3 is 9.84 Å². The van der Waals surface area contributed by atoms with E-state index in [0.29, 0.717) is 13.0 Å². The lowest BCUT2D eigenvalue weighted by molar-refractivity contribution is -0.197. The molecule has 1 aliphatic heterocycles. The van der Waals surface area contributed by atoms with Crippen molar-refractivity contribution in [3.8, 4) is 0 Å². The summed E-state index contributed by atoms with van der Waals surface area (Å²) in [4.78, 5) is 11.1. The summed E-state index contributed by atoms with van der Waals surface area (Å²) >= 11 is 0. The third-order valence-electron chi connectivity index (χ3n) is 2.73. The zero-order valence-electron chi connectivity index (χ0n) is 7.99. The highest BCUT2D eigenvalue weighted by atomic mass is 16.5.